The van der Waals surface area contributed by atoms with E-state index in [4.69, 9.17) is 19.7 Å². The number of carbonyl (C=O) groups excluding carboxylic acids is 2. The summed E-state index contributed by atoms with van der Waals surface area (Å²) in [5.41, 5.74) is 11.3. The van der Waals surface area contributed by atoms with E-state index in [9.17, 15) is 0 Å². The average Bonchev–Trinajstić information content (AvgIpc) is 3.37. The highest BCUT2D eigenvalue weighted by atomic mass is 16.4. The molecule has 0 amide bonds. The normalized spacial score (nSPS) is 9.66. The maximum Gasteiger partial charge on any atom is 0.270 e. The monoisotopic (exact) mass is 475 g/mol. The predicted octanol–water partition coefficient (Wildman–Crippen LogP) is 5.61. The topological polar surface area (TPSA) is 125 Å². The molecule has 0 aliphatic heterocycles. The number of nitrogens with zero attached hydrogens (tertiary/aromatic N) is 4. The van der Waals surface area contributed by atoms with Crippen molar-refractivity contribution < 1.29 is 14.0 Å². The first-order valence-electron chi connectivity index (χ1n) is 11.1. The van der Waals surface area contributed by atoms with Gasteiger partial charge < -0.3 is 19.7 Å². The van der Waals surface area contributed by atoms with E-state index in [0.29, 0.717) is 17.3 Å². The zero-order valence-corrected chi connectivity index (χ0v) is 21.0. The molecule has 0 bridgehead atoms. The molecular weight excluding hydrogens is 442 g/mol. The summed E-state index contributed by atoms with van der Waals surface area (Å²) in [4.78, 5) is 24.9. The molecule has 2 aromatic heterocycles. The highest BCUT2D eigenvalue weighted by molar-refractivity contribution is 5.68. The van der Waals surface area contributed by atoms with Gasteiger partial charge in [0.25, 0.3) is 5.89 Å². The van der Waals surface area contributed by atoms with E-state index < -0.39 is 0 Å². The Balaban J connectivity index is 0.000000684. The van der Waals surface area contributed by atoms with Gasteiger partial charge in [-0.05, 0) is 37.0 Å². The zero-order valence-electron chi connectivity index (χ0n) is 21.0. The molecule has 8 heteroatoms. The predicted molar refractivity (Wildman–Crippen MR) is 139 cm³/mol. The van der Waals surface area contributed by atoms with Crippen LogP contribution in [0.15, 0.2) is 59.1 Å². The summed E-state index contributed by atoms with van der Waals surface area (Å²) in [6.07, 6.45) is 2.58. The summed E-state index contributed by atoms with van der Waals surface area (Å²) in [6.45, 7) is 14.6. The minimum Gasteiger partial charge on any atom is -0.414 e. The summed E-state index contributed by atoms with van der Waals surface area (Å²) < 4.78 is 5.84. The molecule has 0 saturated carbocycles. The molecule has 2 heterocycles. The van der Waals surface area contributed by atoms with Crippen molar-refractivity contribution in [3.05, 3.63) is 65.9 Å². The molecule has 2 N–H and O–H groups in total. The van der Waals surface area contributed by atoms with Crippen LogP contribution in [0.25, 0.3) is 34.3 Å². The molecule has 0 atom stereocenters. The van der Waals surface area contributed by atoms with Crippen molar-refractivity contribution in [1.82, 2.24) is 20.2 Å². The third kappa shape index (κ3) is 8.58. The molecule has 0 aliphatic rings. The number of nitrogens with two attached hydrogens (primary N) is 1. The second kappa shape index (κ2) is 14.8. The average molecular weight is 476 g/mol. The third-order valence-corrected chi connectivity index (χ3v) is 4.36. The first-order valence-corrected chi connectivity index (χ1v) is 11.1. The van der Waals surface area contributed by atoms with Crippen LogP contribution in [-0.2, 0) is 16.0 Å². The van der Waals surface area contributed by atoms with Crippen molar-refractivity contribution in [2.45, 2.75) is 41.0 Å². The summed E-state index contributed by atoms with van der Waals surface area (Å²) in [5, 5.41) is 8.28. The summed E-state index contributed by atoms with van der Waals surface area (Å²) in [7, 11) is 0. The van der Waals surface area contributed by atoms with Crippen LogP contribution in [0.2, 0.25) is 0 Å². The van der Waals surface area contributed by atoms with E-state index in [1.165, 1.54) is 11.1 Å². The number of aromatic nitrogens is 4. The molecule has 0 aliphatic carbocycles. The van der Waals surface area contributed by atoms with Crippen LogP contribution in [0.5, 0.6) is 0 Å². The van der Waals surface area contributed by atoms with Crippen LogP contribution < -0.4 is 5.73 Å². The Labute approximate surface area is 206 Å². The van der Waals surface area contributed by atoms with Crippen LogP contribution in [0, 0.1) is 12.8 Å². The van der Waals surface area contributed by atoms with Crippen molar-refractivity contribution in [2.24, 2.45) is 5.92 Å². The van der Waals surface area contributed by atoms with Gasteiger partial charge in [0.1, 0.15) is 13.6 Å². The number of aryl methyl sites for hydroxylation is 2. The smallest absolute Gasteiger partial charge is 0.270 e. The first-order chi connectivity index (χ1) is 16.9. The second-order valence-corrected chi connectivity index (χ2v) is 8.05. The summed E-state index contributed by atoms with van der Waals surface area (Å²) >= 11 is 0. The lowest BCUT2D eigenvalue weighted by atomic mass is 10.1. The Kier molecular flexibility index (Phi) is 12.2. The number of anilines is 1. The molecule has 184 valence electrons. The Morgan fingerprint density at radius 1 is 0.914 bits per heavy atom. The Morgan fingerprint density at radius 3 is 2.11 bits per heavy atom. The van der Waals surface area contributed by atoms with Gasteiger partial charge in [-0.3, -0.25) is 0 Å². The molecule has 0 unspecified atom stereocenters. The third-order valence-electron chi connectivity index (χ3n) is 4.36. The summed E-state index contributed by atoms with van der Waals surface area (Å²) in [6, 6.07) is 16.1. The fraction of sp³-hybridized carbons (Fsp3) is 0.259. The minimum atomic E-state index is 0.253. The van der Waals surface area contributed by atoms with Crippen LogP contribution in [0.4, 0.5) is 5.82 Å². The highest BCUT2D eigenvalue weighted by Crippen LogP contribution is 2.28. The van der Waals surface area contributed by atoms with Crippen molar-refractivity contribution in [3.63, 3.8) is 0 Å². The van der Waals surface area contributed by atoms with Crippen molar-refractivity contribution in [1.29, 1.82) is 0 Å². The molecule has 35 heavy (non-hydrogen) atoms. The quantitative estimate of drug-likeness (QED) is 0.404. The van der Waals surface area contributed by atoms with Crippen molar-refractivity contribution in [3.8, 4) is 34.3 Å². The van der Waals surface area contributed by atoms with Crippen LogP contribution in [-0.4, -0.2) is 33.7 Å². The van der Waals surface area contributed by atoms with Crippen LogP contribution in [0.3, 0.4) is 0 Å². The van der Waals surface area contributed by atoms with Crippen molar-refractivity contribution in [2.75, 3.05) is 5.73 Å². The standard InChI is InChI=1S/C21H19N5O.C4H10.2CH2O/c1-3-14-5-4-6-16(11-14)20-25-26-21(27-20)18-19(22)23-12-17(24-18)15-9-7-13(2)8-10-15;1-4(2)3;2*1-2/h4-12H,3H2,1-2H3,(H2,22,23);4H,1-3H3;2*1H2. The fourth-order valence-electron chi connectivity index (χ4n) is 2.78. The molecule has 8 nitrogen and oxygen atoms in total. The fourth-order valence-corrected chi connectivity index (χ4v) is 2.78. The van der Waals surface area contributed by atoms with Gasteiger partial charge in [-0.2, -0.15) is 0 Å². The maximum absolute atomic E-state index is 8.00. The van der Waals surface area contributed by atoms with Gasteiger partial charge >= 0.3 is 0 Å². The Hall–Kier alpha value is -4.20. The van der Waals surface area contributed by atoms with E-state index in [1.807, 2.05) is 63.0 Å². The molecule has 4 aromatic rings. The number of rotatable bonds is 4. The zero-order chi connectivity index (χ0) is 26.4. The minimum absolute atomic E-state index is 0.253. The summed E-state index contributed by atoms with van der Waals surface area (Å²) in [5.74, 6) is 1.77. The SMILES string of the molecule is C=O.C=O.CC(C)C.CCc1cccc(-c2nnc(-c3nc(-c4ccc(C)cc4)cnc3N)o2)c1. The van der Waals surface area contributed by atoms with Gasteiger partial charge in [0.05, 0.1) is 11.9 Å². The van der Waals surface area contributed by atoms with Crippen LogP contribution >= 0.6 is 0 Å². The molecule has 2 aromatic carbocycles. The maximum atomic E-state index is 8.00. The lowest BCUT2D eigenvalue weighted by Crippen LogP contribution is -1.99. The highest BCUT2D eigenvalue weighted by Gasteiger charge is 2.17. The second-order valence-electron chi connectivity index (χ2n) is 8.05. The number of benzene rings is 2. The largest absolute Gasteiger partial charge is 0.414 e. The van der Waals surface area contributed by atoms with Gasteiger partial charge in [-0.25, -0.2) is 9.97 Å². The lowest BCUT2D eigenvalue weighted by Gasteiger charge is -2.05. The van der Waals surface area contributed by atoms with E-state index in [-0.39, 0.29) is 11.7 Å². The number of carbonyl (C=O) groups is 2. The Morgan fingerprint density at radius 2 is 1.51 bits per heavy atom. The van der Waals surface area contributed by atoms with Gasteiger partial charge in [-0.1, -0.05) is 69.7 Å². The van der Waals surface area contributed by atoms with Gasteiger partial charge in [0, 0.05) is 11.1 Å². The molecule has 4 rings (SSSR count). The molecule has 0 radical (unpaired) electrons. The first kappa shape index (κ1) is 28.8. The lowest BCUT2D eigenvalue weighted by molar-refractivity contribution is -0.0987. The molecule has 0 fully saturated rings. The van der Waals surface area contributed by atoms with Gasteiger partial charge in [0.15, 0.2) is 11.5 Å². The van der Waals surface area contributed by atoms with Gasteiger partial charge in [0.2, 0.25) is 5.89 Å². The van der Waals surface area contributed by atoms with Crippen molar-refractivity contribution >= 4 is 19.4 Å². The number of hydrogen-bond donors (Lipinski definition) is 1. The molecule has 0 saturated heterocycles. The number of nitrogen functional groups attached to an aromatic ring is 1. The van der Waals surface area contributed by atoms with E-state index in [1.54, 1.807) is 6.20 Å². The van der Waals surface area contributed by atoms with E-state index in [2.05, 4.69) is 53.9 Å². The Bertz CT molecular complexity index is 1170. The molecule has 0 spiro atoms. The number of hydrogen-bond acceptors (Lipinski definition) is 8. The molecular formula is C27H33N5O3. The van der Waals surface area contributed by atoms with Gasteiger partial charge in [-0.15, -0.1) is 10.2 Å². The van der Waals surface area contributed by atoms with Crippen LogP contribution in [0.1, 0.15) is 38.8 Å². The van der Waals surface area contributed by atoms with E-state index in [0.717, 1.165) is 23.5 Å². The van der Waals surface area contributed by atoms with E-state index >= 15 is 0 Å².